The number of rotatable bonds is 11. The first-order chi connectivity index (χ1) is 29.7. The molecule has 0 aromatic carbocycles. The molecule has 2 aromatic heterocycles. The number of esters is 1. The van der Waals surface area contributed by atoms with E-state index in [1.54, 1.807) is 39.1 Å². The van der Waals surface area contributed by atoms with Crippen molar-refractivity contribution in [2.24, 2.45) is 28.8 Å². The zero-order chi connectivity index (χ0) is 46.4. The van der Waals surface area contributed by atoms with E-state index in [2.05, 4.69) is 25.5 Å². The summed E-state index contributed by atoms with van der Waals surface area (Å²) in [6.07, 6.45) is -0.357. The van der Waals surface area contributed by atoms with Crippen molar-refractivity contribution in [3.8, 4) is 11.5 Å². The number of nitrogens with one attached hydrogen (secondary N) is 1. The van der Waals surface area contributed by atoms with Crippen LogP contribution in [0.1, 0.15) is 100 Å². The van der Waals surface area contributed by atoms with Crippen LogP contribution in [0.15, 0.2) is 51.5 Å². The van der Waals surface area contributed by atoms with Crippen molar-refractivity contribution in [2.45, 2.75) is 149 Å². The molecule has 0 saturated carbocycles. The number of nitrogens with zero attached hydrogens (tertiary/aromatic N) is 4. The lowest BCUT2D eigenvalue weighted by atomic mass is 9.76. The Balaban J connectivity index is 1.67. The van der Waals surface area contributed by atoms with Crippen LogP contribution >= 0.6 is 0 Å². The SMILES string of the molecule is CC[C@H]1OC(=O)[C@H](C)C(=O)[C@H](C)[C@@H](O[C@@H]2O[C@H](C)C[C@H](N(C)C)[C@H]2CC(C)=O)[C@@]2(C)C[C@@H](C)/C(NC(C)=O)=C(/C)[C@@H](OCC(=NOCc3ccc(-c4ccno4)nc3)CO2)[C@]1(C)O. The summed E-state index contributed by atoms with van der Waals surface area (Å²) >= 11 is 0. The molecule has 0 radical (unpaired) electrons. The Morgan fingerprint density at radius 2 is 1.81 bits per heavy atom. The minimum Gasteiger partial charge on any atom is -0.459 e. The van der Waals surface area contributed by atoms with Crippen LogP contribution in [-0.4, -0.2) is 125 Å². The number of cyclic esters (lactones) is 1. The second kappa shape index (κ2) is 21.1. The minimum atomic E-state index is -1.88. The van der Waals surface area contributed by atoms with E-state index in [9.17, 15) is 24.3 Å². The molecule has 2 N–H and O–H groups in total. The van der Waals surface area contributed by atoms with Gasteiger partial charge in [-0.25, -0.2) is 0 Å². The van der Waals surface area contributed by atoms with Crippen molar-refractivity contribution in [2.75, 3.05) is 27.3 Å². The lowest BCUT2D eigenvalue weighted by molar-refractivity contribution is -0.284. The smallest absolute Gasteiger partial charge is 0.316 e. The number of amides is 1. The monoisotopic (exact) mass is 881 g/mol. The molecule has 2 bridgehead atoms. The Bertz CT molecular complexity index is 1970. The molecule has 2 aromatic rings. The molecule has 63 heavy (non-hydrogen) atoms. The third-order valence-corrected chi connectivity index (χ3v) is 12.6. The Kier molecular flexibility index (Phi) is 16.6. The van der Waals surface area contributed by atoms with Gasteiger partial charge in [0.15, 0.2) is 17.8 Å². The third kappa shape index (κ3) is 11.9. The van der Waals surface area contributed by atoms with E-state index in [4.69, 9.17) is 33.0 Å². The molecule has 12 atom stereocenters. The van der Waals surface area contributed by atoms with Gasteiger partial charge in [-0.1, -0.05) is 37.1 Å². The fraction of sp³-hybridized carbons (Fsp3) is 0.674. The predicted molar refractivity (Wildman–Crippen MR) is 231 cm³/mol. The van der Waals surface area contributed by atoms with Gasteiger partial charge >= 0.3 is 5.97 Å². The zero-order valence-electron chi connectivity index (χ0n) is 38.8. The molecule has 5 heterocycles. The van der Waals surface area contributed by atoms with Gasteiger partial charge in [0.05, 0.1) is 37.2 Å². The molecule has 17 heteroatoms. The average molecular weight is 882 g/mol. The van der Waals surface area contributed by atoms with Gasteiger partial charge in [0.25, 0.3) is 0 Å². The zero-order valence-corrected chi connectivity index (χ0v) is 38.8. The minimum absolute atomic E-state index is 0.0268. The number of carbonyl (C=O) groups is 4. The van der Waals surface area contributed by atoms with Crippen molar-refractivity contribution in [3.05, 3.63) is 47.4 Å². The Morgan fingerprint density at radius 3 is 2.41 bits per heavy atom. The first kappa shape index (κ1) is 49.6. The molecule has 1 saturated heterocycles. The van der Waals surface area contributed by atoms with Gasteiger partial charge in [0, 0.05) is 54.7 Å². The molecule has 1 amide bonds. The molecular weight excluding hydrogens is 815 g/mol. The highest BCUT2D eigenvalue weighted by Gasteiger charge is 2.52. The van der Waals surface area contributed by atoms with Crippen LogP contribution < -0.4 is 5.32 Å². The second-order valence-corrected chi connectivity index (χ2v) is 18.2. The Morgan fingerprint density at radius 1 is 1.08 bits per heavy atom. The number of ether oxygens (including phenoxy) is 5. The molecule has 3 aliphatic rings. The molecule has 1 fully saturated rings. The summed E-state index contributed by atoms with van der Waals surface area (Å²) in [7, 11) is 3.90. The standard InChI is InChI=1S/C46H67N5O12/c1-13-38-46(10,56)42-28(5)39(49-31(8)53)25(2)20-45(9,58-24-33(23-57-42)50-59-22-32-14-15-35(47-21-32)37-16-17-48-63-37)41(29(6)40(54)30(7)43(55)61-38)62-44-34(18-26(3)52)36(51(11)12)19-27(4)60-44/h14-17,21,25,27,29-30,34,36,38,41-42,44,56H,13,18-20,22-24H2,1-12H3,(H,49,53)/b39-28+,50-33?/t25-,27-,29+,30-,34-,36+,38-,41-,42-,44+,45-,46-/m1/s1. The van der Waals surface area contributed by atoms with Gasteiger partial charge in [-0.3, -0.25) is 19.4 Å². The predicted octanol–water partition coefficient (Wildman–Crippen LogP) is 5.19. The summed E-state index contributed by atoms with van der Waals surface area (Å²) in [6, 6.07) is 5.20. The molecular formula is C46H67N5O12. The lowest BCUT2D eigenvalue weighted by Crippen LogP contribution is -2.58. The number of pyridine rings is 1. The molecule has 0 spiro atoms. The summed E-state index contributed by atoms with van der Waals surface area (Å²) in [5.41, 5.74) is -0.753. The number of carbonyl (C=O) groups excluding carboxylic acids is 4. The van der Waals surface area contributed by atoms with Crippen LogP contribution in [0, 0.1) is 23.7 Å². The quantitative estimate of drug-likeness (QED) is 0.169. The van der Waals surface area contributed by atoms with Gasteiger partial charge < -0.3 is 53.2 Å². The van der Waals surface area contributed by atoms with Gasteiger partial charge in [-0.15, -0.1) is 0 Å². The highest BCUT2D eigenvalue weighted by molar-refractivity contribution is 6.00. The summed E-state index contributed by atoms with van der Waals surface area (Å²) in [5, 5.41) is 23.7. The van der Waals surface area contributed by atoms with E-state index in [-0.39, 0.29) is 68.6 Å². The fourth-order valence-corrected chi connectivity index (χ4v) is 9.36. The number of hydrogen-bond donors (Lipinski definition) is 2. The maximum atomic E-state index is 14.7. The number of fused-ring (bicyclic) bond motifs is 4. The van der Waals surface area contributed by atoms with Crippen molar-refractivity contribution in [1.82, 2.24) is 20.4 Å². The number of aromatic nitrogens is 2. The van der Waals surface area contributed by atoms with E-state index in [0.717, 1.165) is 0 Å². The maximum absolute atomic E-state index is 14.7. The fourth-order valence-electron chi connectivity index (χ4n) is 9.36. The maximum Gasteiger partial charge on any atom is 0.316 e. The average Bonchev–Trinajstić information content (AvgIpc) is 3.76. The number of aliphatic hydroxyl groups is 1. The summed E-state index contributed by atoms with van der Waals surface area (Å²) in [6.45, 7) is 16.4. The first-order valence-electron chi connectivity index (χ1n) is 21.9. The van der Waals surface area contributed by atoms with Gasteiger partial charge in [-0.2, -0.15) is 0 Å². The second-order valence-electron chi connectivity index (χ2n) is 18.2. The van der Waals surface area contributed by atoms with Gasteiger partial charge in [-0.05, 0) is 92.5 Å². The normalized spacial score (nSPS) is 35.6. The number of hydrogen-bond acceptors (Lipinski definition) is 16. The van der Waals surface area contributed by atoms with E-state index in [1.165, 1.54) is 33.9 Å². The van der Waals surface area contributed by atoms with E-state index < -0.39 is 71.2 Å². The summed E-state index contributed by atoms with van der Waals surface area (Å²) < 4.78 is 38.4. The van der Waals surface area contributed by atoms with Gasteiger partial charge in [0.2, 0.25) is 5.91 Å². The van der Waals surface area contributed by atoms with Gasteiger partial charge in [0.1, 0.15) is 47.5 Å². The van der Waals surface area contributed by atoms with Crippen LogP contribution in [0.25, 0.3) is 11.5 Å². The first-order valence-corrected chi connectivity index (χ1v) is 21.9. The number of ketones is 2. The molecule has 3 aliphatic heterocycles. The number of allylic oxidation sites excluding steroid dienone is 1. The van der Waals surface area contributed by atoms with Crippen LogP contribution in [0.4, 0.5) is 0 Å². The molecule has 0 aliphatic carbocycles. The number of Topliss-reactive ketones (excluding diaryl/α,β-unsaturated/α-hetero) is 2. The lowest BCUT2D eigenvalue weighted by Gasteiger charge is -2.48. The topological polar surface area (TPSA) is 210 Å². The van der Waals surface area contributed by atoms with Crippen LogP contribution in [-0.2, 0) is 54.3 Å². The molecule has 0 unspecified atom stereocenters. The number of oxime groups is 1. The Labute approximate surface area is 370 Å². The summed E-state index contributed by atoms with van der Waals surface area (Å²) in [5.74, 6) is -4.40. The largest absolute Gasteiger partial charge is 0.459 e. The van der Waals surface area contributed by atoms with Crippen molar-refractivity contribution in [1.29, 1.82) is 0 Å². The third-order valence-electron chi connectivity index (χ3n) is 12.6. The molecule has 17 nitrogen and oxygen atoms in total. The molecule has 348 valence electrons. The van der Waals surface area contributed by atoms with Crippen molar-refractivity contribution in [3.63, 3.8) is 0 Å². The van der Waals surface area contributed by atoms with Crippen LogP contribution in [0.3, 0.4) is 0 Å². The van der Waals surface area contributed by atoms with E-state index in [0.29, 0.717) is 34.7 Å². The van der Waals surface area contributed by atoms with Crippen LogP contribution in [0.2, 0.25) is 0 Å². The molecule has 5 rings (SSSR count). The van der Waals surface area contributed by atoms with E-state index >= 15 is 0 Å². The Hall–Kier alpha value is -4.39. The van der Waals surface area contributed by atoms with Crippen LogP contribution in [0.5, 0.6) is 0 Å². The summed E-state index contributed by atoms with van der Waals surface area (Å²) in [4.78, 5) is 66.9. The highest BCUT2D eigenvalue weighted by Crippen LogP contribution is 2.42. The highest BCUT2D eigenvalue weighted by atomic mass is 16.7. The van der Waals surface area contributed by atoms with E-state index in [1.807, 2.05) is 40.9 Å². The van der Waals surface area contributed by atoms with Crippen molar-refractivity contribution < 1.29 is 57.3 Å². The van der Waals surface area contributed by atoms with Crippen molar-refractivity contribution >= 4 is 29.2 Å².